The minimum atomic E-state index is -0.365. The molecule has 0 radical (unpaired) electrons. The number of rotatable bonds is 5. The second-order valence-electron chi connectivity index (χ2n) is 5.95. The van der Waals surface area contributed by atoms with Crippen molar-refractivity contribution in [2.75, 3.05) is 53.5 Å². The van der Waals surface area contributed by atoms with Crippen molar-refractivity contribution in [2.24, 2.45) is 7.05 Å². The maximum Gasteiger partial charge on any atom is 0.409 e. The largest absolute Gasteiger partial charge is 0.479 e. The summed E-state index contributed by atoms with van der Waals surface area (Å²) in [7, 11) is 4.68. The number of carbonyl (C=O) groups is 3. The number of amides is 3. The molecule has 0 unspecified atom stereocenters. The fraction of sp³-hybridized carbons (Fsp3) is 0.625. The summed E-state index contributed by atoms with van der Waals surface area (Å²) >= 11 is 0. The van der Waals surface area contributed by atoms with Crippen LogP contribution in [0.25, 0.3) is 0 Å². The third-order valence-corrected chi connectivity index (χ3v) is 4.10. The van der Waals surface area contributed by atoms with Crippen LogP contribution in [0, 0.1) is 0 Å². The van der Waals surface area contributed by atoms with Crippen LogP contribution in [0.3, 0.4) is 0 Å². The molecule has 0 saturated carbocycles. The highest BCUT2D eigenvalue weighted by molar-refractivity contribution is 5.98. The average Bonchev–Trinajstić information content (AvgIpc) is 3.02. The molecule has 0 atom stereocenters. The fourth-order valence-corrected chi connectivity index (χ4v) is 2.70. The minimum Gasteiger partial charge on any atom is -0.479 e. The Morgan fingerprint density at radius 1 is 1.19 bits per heavy atom. The molecule has 1 aliphatic heterocycles. The number of ether oxygens (including phenoxy) is 2. The lowest BCUT2D eigenvalue weighted by Crippen LogP contribution is -2.52. The Bertz CT molecular complexity index is 666. The van der Waals surface area contributed by atoms with E-state index >= 15 is 0 Å². The lowest BCUT2D eigenvalue weighted by Gasteiger charge is -2.34. The van der Waals surface area contributed by atoms with Crippen molar-refractivity contribution in [1.29, 1.82) is 0 Å². The van der Waals surface area contributed by atoms with Crippen LogP contribution in [0.4, 0.5) is 4.79 Å². The van der Waals surface area contributed by atoms with Crippen LogP contribution >= 0.6 is 0 Å². The van der Waals surface area contributed by atoms with Crippen LogP contribution in [-0.2, 0) is 16.6 Å². The quantitative estimate of drug-likeness (QED) is 0.715. The molecular weight excluding hydrogens is 342 g/mol. The predicted octanol–water partition coefficient (Wildman–Crippen LogP) is -0.199. The van der Waals surface area contributed by atoms with Crippen molar-refractivity contribution >= 4 is 17.9 Å². The topological polar surface area (TPSA) is 97.2 Å². The Balaban J connectivity index is 1.89. The van der Waals surface area contributed by atoms with Gasteiger partial charge in [-0.25, -0.2) is 4.79 Å². The lowest BCUT2D eigenvalue weighted by atomic mass is 10.2. The van der Waals surface area contributed by atoms with Gasteiger partial charge in [0.1, 0.15) is 5.56 Å². The monoisotopic (exact) mass is 367 g/mol. The molecule has 10 heteroatoms. The maximum atomic E-state index is 12.5. The molecule has 1 aromatic heterocycles. The van der Waals surface area contributed by atoms with Crippen molar-refractivity contribution in [3.8, 4) is 5.88 Å². The van der Waals surface area contributed by atoms with Gasteiger partial charge >= 0.3 is 6.09 Å². The first kappa shape index (κ1) is 19.5. The van der Waals surface area contributed by atoms with Gasteiger partial charge in [0.15, 0.2) is 0 Å². The van der Waals surface area contributed by atoms with E-state index in [1.807, 2.05) is 0 Å². The molecule has 3 amide bonds. The molecule has 1 saturated heterocycles. The van der Waals surface area contributed by atoms with Crippen LogP contribution in [0.5, 0.6) is 5.88 Å². The van der Waals surface area contributed by atoms with E-state index in [0.717, 1.165) is 0 Å². The zero-order chi connectivity index (χ0) is 19.3. The fourth-order valence-electron chi connectivity index (χ4n) is 2.70. The standard InChI is InChI=1S/C16H25N5O5/c1-5-26-16(24)21-8-6-20(7-9-21)13(22)11-18(2)15(23)12-10-19(3)17-14(12)25-4/h10H,5-9,11H2,1-4H3. The van der Waals surface area contributed by atoms with Crippen molar-refractivity contribution in [2.45, 2.75) is 6.92 Å². The van der Waals surface area contributed by atoms with Crippen LogP contribution in [0.1, 0.15) is 17.3 Å². The van der Waals surface area contributed by atoms with E-state index in [4.69, 9.17) is 9.47 Å². The third kappa shape index (κ3) is 4.44. The number of methoxy groups -OCH3 is 1. The molecule has 0 aliphatic carbocycles. The van der Waals surface area contributed by atoms with E-state index in [2.05, 4.69) is 5.10 Å². The first-order valence-corrected chi connectivity index (χ1v) is 8.40. The first-order valence-electron chi connectivity index (χ1n) is 8.40. The summed E-state index contributed by atoms with van der Waals surface area (Å²) in [4.78, 5) is 41.2. The number of likely N-dealkylation sites (N-methyl/N-ethyl adjacent to an activating group) is 1. The number of aryl methyl sites for hydroxylation is 1. The molecule has 144 valence electrons. The van der Waals surface area contributed by atoms with E-state index in [1.54, 1.807) is 37.0 Å². The van der Waals surface area contributed by atoms with Crippen LogP contribution in [0.15, 0.2) is 6.20 Å². The second-order valence-corrected chi connectivity index (χ2v) is 5.95. The summed E-state index contributed by atoms with van der Waals surface area (Å²) in [6, 6.07) is 0. The SMILES string of the molecule is CCOC(=O)N1CCN(C(=O)CN(C)C(=O)c2cn(C)nc2OC)CC1. The van der Waals surface area contributed by atoms with E-state index in [9.17, 15) is 14.4 Å². The predicted molar refractivity (Wildman–Crippen MR) is 91.9 cm³/mol. The number of aromatic nitrogens is 2. The van der Waals surface area contributed by atoms with Gasteiger partial charge in [0, 0.05) is 46.5 Å². The van der Waals surface area contributed by atoms with E-state index in [-0.39, 0.29) is 30.3 Å². The maximum absolute atomic E-state index is 12.5. The molecule has 2 heterocycles. The summed E-state index contributed by atoms with van der Waals surface area (Å²) in [5.74, 6) is -0.291. The smallest absolute Gasteiger partial charge is 0.409 e. The van der Waals surface area contributed by atoms with Crippen molar-refractivity contribution in [3.63, 3.8) is 0 Å². The summed E-state index contributed by atoms with van der Waals surface area (Å²) in [6.45, 7) is 3.67. The highest BCUT2D eigenvalue weighted by Gasteiger charge is 2.27. The Morgan fingerprint density at radius 2 is 1.81 bits per heavy atom. The molecule has 2 rings (SSSR count). The summed E-state index contributed by atoms with van der Waals surface area (Å²) in [5, 5.41) is 4.04. The van der Waals surface area contributed by atoms with E-state index < -0.39 is 0 Å². The van der Waals surface area contributed by atoms with Gasteiger partial charge < -0.3 is 24.2 Å². The van der Waals surface area contributed by atoms with E-state index in [1.165, 1.54) is 16.7 Å². The van der Waals surface area contributed by atoms with Crippen molar-refractivity contribution in [1.82, 2.24) is 24.5 Å². The van der Waals surface area contributed by atoms with Gasteiger partial charge in [0.05, 0.1) is 20.3 Å². The molecule has 26 heavy (non-hydrogen) atoms. The normalized spacial score (nSPS) is 14.2. The first-order chi connectivity index (χ1) is 12.4. The Kier molecular flexibility index (Phi) is 6.42. The number of piperazine rings is 1. The zero-order valence-corrected chi connectivity index (χ0v) is 15.6. The van der Waals surface area contributed by atoms with E-state index in [0.29, 0.717) is 38.3 Å². The summed E-state index contributed by atoms with van der Waals surface area (Å²) in [5.41, 5.74) is 0.303. The molecule has 0 bridgehead atoms. The highest BCUT2D eigenvalue weighted by atomic mass is 16.6. The van der Waals surface area contributed by atoms with Crippen LogP contribution < -0.4 is 4.74 Å². The Labute approximate surface area is 152 Å². The minimum absolute atomic E-state index is 0.0592. The molecule has 1 aliphatic rings. The van der Waals surface area contributed by atoms with Gasteiger partial charge in [0.25, 0.3) is 5.91 Å². The molecular formula is C16H25N5O5. The van der Waals surface area contributed by atoms with Gasteiger partial charge in [0.2, 0.25) is 11.8 Å². The molecule has 0 aromatic carbocycles. The van der Waals surface area contributed by atoms with Gasteiger partial charge in [-0.2, -0.15) is 0 Å². The summed E-state index contributed by atoms with van der Waals surface area (Å²) < 4.78 is 11.5. The van der Waals surface area contributed by atoms with Gasteiger partial charge in [-0.1, -0.05) is 0 Å². The van der Waals surface area contributed by atoms with Crippen molar-refractivity contribution in [3.05, 3.63) is 11.8 Å². The number of hydrogen-bond acceptors (Lipinski definition) is 6. The Hall–Kier alpha value is -2.78. The molecule has 0 N–H and O–H groups in total. The molecule has 1 fully saturated rings. The molecule has 1 aromatic rings. The van der Waals surface area contributed by atoms with Gasteiger partial charge in [-0.15, -0.1) is 5.10 Å². The van der Waals surface area contributed by atoms with Gasteiger partial charge in [-0.05, 0) is 6.92 Å². The lowest BCUT2D eigenvalue weighted by molar-refractivity contribution is -0.133. The average molecular weight is 367 g/mol. The molecule has 10 nitrogen and oxygen atoms in total. The second kappa shape index (κ2) is 8.54. The molecule has 0 spiro atoms. The van der Waals surface area contributed by atoms with Crippen LogP contribution in [0.2, 0.25) is 0 Å². The van der Waals surface area contributed by atoms with Gasteiger partial charge in [-0.3, -0.25) is 14.3 Å². The zero-order valence-electron chi connectivity index (χ0n) is 15.6. The number of carbonyl (C=O) groups excluding carboxylic acids is 3. The third-order valence-electron chi connectivity index (χ3n) is 4.10. The van der Waals surface area contributed by atoms with Crippen molar-refractivity contribution < 1.29 is 23.9 Å². The number of nitrogens with zero attached hydrogens (tertiary/aromatic N) is 5. The highest BCUT2D eigenvalue weighted by Crippen LogP contribution is 2.16. The number of hydrogen-bond donors (Lipinski definition) is 0. The Morgan fingerprint density at radius 3 is 2.38 bits per heavy atom. The van der Waals surface area contributed by atoms with Crippen LogP contribution in [-0.4, -0.2) is 95.9 Å². The summed E-state index contributed by atoms with van der Waals surface area (Å²) in [6.07, 6.45) is 1.19.